The minimum absolute atomic E-state index is 0.400. The van der Waals surface area contributed by atoms with Gasteiger partial charge in [-0.15, -0.1) is 0 Å². The molecule has 0 fully saturated rings. The molecule has 0 unspecified atom stereocenters. The van der Waals surface area contributed by atoms with Crippen LogP contribution < -0.4 is 0 Å². The number of nitrogens with zero attached hydrogens (tertiary/aromatic N) is 5. The van der Waals surface area contributed by atoms with Crippen LogP contribution in [0.5, 0.6) is 0 Å². The second kappa shape index (κ2) is 5.25. The lowest BCUT2D eigenvalue weighted by Crippen LogP contribution is -1.92. The summed E-state index contributed by atoms with van der Waals surface area (Å²) in [6.07, 6.45) is 6.82. The van der Waals surface area contributed by atoms with Crippen molar-refractivity contribution in [3.05, 3.63) is 35.4 Å². The molecule has 0 atom stereocenters. The predicted molar refractivity (Wildman–Crippen MR) is 83.5 cm³/mol. The van der Waals surface area contributed by atoms with Gasteiger partial charge in [-0.1, -0.05) is 16.9 Å². The van der Waals surface area contributed by atoms with Crippen molar-refractivity contribution in [3.8, 4) is 22.8 Å². The van der Waals surface area contributed by atoms with Gasteiger partial charge in [0.05, 0.1) is 11.1 Å². The molecule has 0 amide bonds. The maximum atomic E-state index is 5.36. The normalized spacial score (nSPS) is 11.4. The summed E-state index contributed by atoms with van der Waals surface area (Å²) < 4.78 is 13.2. The largest absolute Gasteiger partial charge is 0.457 e. The first kappa shape index (κ1) is 13.5. The molecule has 9 heteroatoms. The topological polar surface area (TPSA) is 82.2 Å². The number of rotatable bonds is 3. The van der Waals surface area contributed by atoms with Crippen LogP contribution in [-0.4, -0.2) is 31.0 Å². The Balaban J connectivity index is 1.81. The number of hydrogen-bond donors (Lipinski definition) is 0. The van der Waals surface area contributed by atoms with E-state index in [1.807, 2.05) is 24.6 Å². The molecule has 0 aliphatic heterocycles. The Kier molecular flexibility index (Phi) is 3.23. The summed E-state index contributed by atoms with van der Waals surface area (Å²) in [5, 5.41) is 8.94. The van der Waals surface area contributed by atoms with Crippen molar-refractivity contribution >= 4 is 33.3 Å². The van der Waals surface area contributed by atoms with E-state index in [0.717, 1.165) is 20.7 Å². The average molecular weight is 378 g/mol. The predicted octanol–water partition coefficient (Wildman–Crippen LogP) is 3.52. The van der Waals surface area contributed by atoms with Crippen molar-refractivity contribution in [3.63, 3.8) is 0 Å². The smallest absolute Gasteiger partial charge is 0.261 e. The molecule has 4 heterocycles. The standard InChI is InChI=1S/C13H8BrN5O2S/c1-22-10-2-7(5-20-10)13-17-11(18-21-13)9-3-8(14)4-19-12(9)15-6-16-19/h2-6H,1H3. The van der Waals surface area contributed by atoms with Crippen molar-refractivity contribution in [2.24, 2.45) is 0 Å². The first-order valence-corrected chi connectivity index (χ1v) is 8.22. The van der Waals surface area contributed by atoms with Gasteiger partial charge in [0.1, 0.15) is 12.6 Å². The zero-order chi connectivity index (χ0) is 15.1. The summed E-state index contributed by atoms with van der Waals surface area (Å²) >= 11 is 4.95. The van der Waals surface area contributed by atoms with Gasteiger partial charge >= 0.3 is 0 Å². The summed E-state index contributed by atoms with van der Waals surface area (Å²) in [7, 11) is 0. The molecule has 0 aliphatic rings. The average Bonchev–Trinajstić information content (AvgIpc) is 3.25. The third-order valence-corrected chi connectivity index (χ3v) is 4.08. The Morgan fingerprint density at radius 1 is 1.32 bits per heavy atom. The maximum Gasteiger partial charge on any atom is 0.261 e. The van der Waals surface area contributed by atoms with Crippen molar-refractivity contribution in [1.29, 1.82) is 0 Å². The first-order chi connectivity index (χ1) is 10.7. The van der Waals surface area contributed by atoms with E-state index in [9.17, 15) is 0 Å². The third kappa shape index (κ3) is 2.22. The zero-order valence-corrected chi connectivity index (χ0v) is 13.6. The van der Waals surface area contributed by atoms with Crippen LogP contribution >= 0.6 is 27.7 Å². The van der Waals surface area contributed by atoms with Gasteiger partial charge in [-0.3, -0.25) is 0 Å². The van der Waals surface area contributed by atoms with E-state index in [-0.39, 0.29) is 0 Å². The lowest BCUT2D eigenvalue weighted by Gasteiger charge is -1.98. The van der Waals surface area contributed by atoms with Crippen molar-refractivity contribution < 1.29 is 8.94 Å². The molecule has 4 aromatic heterocycles. The fourth-order valence-corrected chi connectivity index (χ4v) is 2.86. The Bertz CT molecular complexity index is 960. The molecule has 0 saturated carbocycles. The summed E-state index contributed by atoms with van der Waals surface area (Å²) in [5.41, 5.74) is 2.14. The minimum Gasteiger partial charge on any atom is -0.457 e. The fourth-order valence-electron chi connectivity index (χ4n) is 2.04. The molecule has 110 valence electrons. The highest BCUT2D eigenvalue weighted by Gasteiger charge is 2.17. The molecule has 22 heavy (non-hydrogen) atoms. The Labute approximate surface area is 136 Å². The quantitative estimate of drug-likeness (QED) is 0.505. The first-order valence-electron chi connectivity index (χ1n) is 6.20. The zero-order valence-electron chi connectivity index (χ0n) is 11.2. The monoisotopic (exact) mass is 377 g/mol. The van der Waals surface area contributed by atoms with Gasteiger partial charge in [0.25, 0.3) is 5.89 Å². The molecule has 4 rings (SSSR count). The molecule has 0 radical (unpaired) electrons. The highest BCUT2D eigenvalue weighted by molar-refractivity contribution is 9.10. The SMILES string of the molecule is CSc1cc(-c2nc(-c3cc(Br)cn4ncnc34)no2)co1. The Morgan fingerprint density at radius 2 is 2.23 bits per heavy atom. The van der Waals surface area contributed by atoms with Crippen LogP contribution in [0.1, 0.15) is 0 Å². The third-order valence-electron chi connectivity index (χ3n) is 3.03. The second-order valence-electron chi connectivity index (χ2n) is 4.38. The van der Waals surface area contributed by atoms with Crippen LogP contribution in [0.15, 0.2) is 49.4 Å². The highest BCUT2D eigenvalue weighted by Crippen LogP contribution is 2.29. The summed E-state index contributed by atoms with van der Waals surface area (Å²) in [6, 6.07) is 3.73. The van der Waals surface area contributed by atoms with Crippen molar-refractivity contribution in [2.75, 3.05) is 6.26 Å². The molecule has 7 nitrogen and oxygen atoms in total. The number of thioether (sulfide) groups is 1. The van der Waals surface area contributed by atoms with E-state index in [1.165, 1.54) is 18.1 Å². The van der Waals surface area contributed by atoms with E-state index < -0.39 is 0 Å². The molecule has 0 saturated heterocycles. The van der Waals surface area contributed by atoms with Crippen molar-refractivity contribution in [1.82, 2.24) is 24.7 Å². The van der Waals surface area contributed by atoms with Crippen LogP contribution in [0, 0.1) is 0 Å². The van der Waals surface area contributed by atoms with Crippen LogP contribution in [-0.2, 0) is 0 Å². The minimum atomic E-state index is 0.400. The van der Waals surface area contributed by atoms with E-state index in [4.69, 9.17) is 8.94 Å². The van der Waals surface area contributed by atoms with Crippen LogP contribution in [0.25, 0.3) is 28.5 Å². The van der Waals surface area contributed by atoms with Crippen molar-refractivity contribution in [2.45, 2.75) is 5.09 Å². The number of pyridine rings is 1. The van der Waals surface area contributed by atoms with Gasteiger partial charge in [-0.2, -0.15) is 10.1 Å². The maximum absolute atomic E-state index is 5.36. The van der Waals surface area contributed by atoms with E-state index in [0.29, 0.717) is 17.4 Å². The number of halogens is 1. The number of fused-ring (bicyclic) bond motifs is 1. The van der Waals surface area contributed by atoms with Gasteiger partial charge in [-0.05, 0) is 28.3 Å². The summed E-state index contributed by atoms with van der Waals surface area (Å²) in [6.45, 7) is 0. The van der Waals surface area contributed by atoms with Gasteiger partial charge in [0.15, 0.2) is 10.7 Å². The van der Waals surface area contributed by atoms with Crippen LogP contribution in [0.4, 0.5) is 0 Å². The number of aromatic nitrogens is 5. The molecular formula is C13H8BrN5O2S. The lowest BCUT2D eigenvalue weighted by molar-refractivity contribution is 0.430. The van der Waals surface area contributed by atoms with Crippen LogP contribution in [0.2, 0.25) is 0 Å². The van der Waals surface area contributed by atoms with Gasteiger partial charge in [0.2, 0.25) is 5.82 Å². The Morgan fingerprint density at radius 3 is 3.05 bits per heavy atom. The molecular weight excluding hydrogens is 370 g/mol. The summed E-state index contributed by atoms with van der Waals surface area (Å²) in [5.74, 6) is 0.845. The molecule has 0 N–H and O–H groups in total. The van der Waals surface area contributed by atoms with E-state index in [2.05, 4.69) is 36.2 Å². The summed E-state index contributed by atoms with van der Waals surface area (Å²) in [4.78, 5) is 8.64. The fraction of sp³-hybridized carbons (Fsp3) is 0.0769. The molecule has 0 aliphatic carbocycles. The number of furan rings is 1. The highest BCUT2D eigenvalue weighted by atomic mass is 79.9. The molecule has 0 aromatic carbocycles. The van der Waals surface area contributed by atoms with E-state index in [1.54, 1.807) is 10.8 Å². The number of hydrogen-bond acceptors (Lipinski definition) is 7. The van der Waals surface area contributed by atoms with E-state index >= 15 is 0 Å². The lowest BCUT2D eigenvalue weighted by atomic mass is 10.2. The molecule has 0 bridgehead atoms. The van der Waals surface area contributed by atoms with Crippen LogP contribution in [0.3, 0.4) is 0 Å². The molecule has 0 spiro atoms. The van der Waals surface area contributed by atoms with Gasteiger partial charge in [-0.25, -0.2) is 9.50 Å². The van der Waals surface area contributed by atoms with Gasteiger partial charge < -0.3 is 8.94 Å². The Hall–Kier alpha value is -2.13. The second-order valence-corrected chi connectivity index (χ2v) is 6.11. The van der Waals surface area contributed by atoms with Gasteiger partial charge in [0, 0.05) is 16.7 Å². The molecule has 4 aromatic rings.